The van der Waals surface area contributed by atoms with Crippen molar-refractivity contribution in [1.29, 1.82) is 0 Å². The van der Waals surface area contributed by atoms with E-state index < -0.39 is 23.9 Å². The second-order valence-corrected chi connectivity index (χ2v) is 7.66. The van der Waals surface area contributed by atoms with Gasteiger partial charge in [0, 0.05) is 13.7 Å². The Morgan fingerprint density at radius 2 is 1.94 bits per heavy atom. The standard InChI is InChI=1S/C23H25N5O4/c1-14(21-25-17-9-5-6-10-19(17)28(21)11-12-32-2)24-20(29)13-18-23(31)26-16-8-4-3-7-15(16)22(30)27-18/h3-10,14,18H,11-13H2,1-2H3,(H,24,29)(H,26,31)(H,27,30)/t14-,18-/m0/s1. The first-order chi connectivity index (χ1) is 15.5. The fourth-order valence-corrected chi connectivity index (χ4v) is 3.85. The summed E-state index contributed by atoms with van der Waals surface area (Å²) in [6.07, 6.45) is -0.186. The molecular weight excluding hydrogens is 410 g/mol. The molecule has 166 valence electrons. The molecule has 0 saturated carbocycles. The Hall–Kier alpha value is -3.72. The monoisotopic (exact) mass is 435 g/mol. The largest absolute Gasteiger partial charge is 0.383 e. The number of methoxy groups -OCH3 is 1. The molecule has 2 atom stereocenters. The average molecular weight is 435 g/mol. The maximum Gasteiger partial charge on any atom is 0.254 e. The van der Waals surface area contributed by atoms with Crippen molar-refractivity contribution in [2.75, 3.05) is 19.0 Å². The van der Waals surface area contributed by atoms with E-state index in [2.05, 4.69) is 20.9 Å². The molecule has 0 fully saturated rings. The Morgan fingerprint density at radius 3 is 2.75 bits per heavy atom. The van der Waals surface area contributed by atoms with E-state index in [1.165, 1.54) is 0 Å². The molecular formula is C23H25N5O4. The number of amides is 3. The van der Waals surface area contributed by atoms with E-state index in [1.807, 2.05) is 35.8 Å². The fourth-order valence-electron chi connectivity index (χ4n) is 3.85. The smallest absolute Gasteiger partial charge is 0.254 e. The number of hydrogen-bond acceptors (Lipinski definition) is 5. The van der Waals surface area contributed by atoms with Crippen molar-refractivity contribution in [2.45, 2.75) is 32.0 Å². The van der Waals surface area contributed by atoms with Crippen LogP contribution in [0.25, 0.3) is 11.0 Å². The summed E-state index contributed by atoms with van der Waals surface area (Å²) < 4.78 is 7.23. The molecule has 3 amide bonds. The van der Waals surface area contributed by atoms with Crippen molar-refractivity contribution in [3.05, 3.63) is 59.9 Å². The van der Waals surface area contributed by atoms with Crippen LogP contribution in [-0.2, 0) is 20.9 Å². The number of nitrogens with one attached hydrogen (secondary N) is 3. The highest BCUT2D eigenvalue weighted by molar-refractivity contribution is 6.10. The SMILES string of the molecule is COCCn1c([C@H](C)NC(=O)C[C@@H]2NC(=O)c3ccccc3NC2=O)nc2ccccc21. The molecule has 0 saturated heterocycles. The predicted molar refractivity (Wildman–Crippen MR) is 119 cm³/mol. The highest BCUT2D eigenvalue weighted by atomic mass is 16.5. The Kier molecular flexibility index (Phi) is 6.18. The van der Waals surface area contributed by atoms with Crippen LogP contribution in [0.1, 0.15) is 35.6 Å². The van der Waals surface area contributed by atoms with Crippen LogP contribution in [0.3, 0.4) is 0 Å². The number of fused-ring (bicyclic) bond motifs is 2. The second-order valence-electron chi connectivity index (χ2n) is 7.66. The summed E-state index contributed by atoms with van der Waals surface area (Å²) in [5.41, 5.74) is 2.57. The summed E-state index contributed by atoms with van der Waals surface area (Å²) in [6, 6.07) is 13.1. The lowest BCUT2D eigenvalue weighted by molar-refractivity contribution is -0.126. The minimum absolute atomic E-state index is 0.186. The molecule has 2 aromatic carbocycles. The first-order valence-corrected chi connectivity index (χ1v) is 10.4. The summed E-state index contributed by atoms with van der Waals surface area (Å²) in [4.78, 5) is 42.5. The number of ether oxygens (including phenoxy) is 1. The zero-order valence-corrected chi connectivity index (χ0v) is 17.9. The molecule has 1 aliphatic heterocycles. The topological polar surface area (TPSA) is 114 Å². The van der Waals surface area contributed by atoms with Gasteiger partial charge in [0.2, 0.25) is 11.8 Å². The van der Waals surface area contributed by atoms with Crippen LogP contribution in [0.4, 0.5) is 5.69 Å². The van der Waals surface area contributed by atoms with Gasteiger partial charge in [0.05, 0.1) is 41.4 Å². The molecule has 32 heavy (non-hydrogen) atoms. The first kappa shape index (κ1) is 21.5. The van der Waals surface area contributed by atoms with Crippen LogP contribution in [0.15, 0.2) is 48.5 Å². The van der Waals surface area contributed by atoms with Gasteiger partial charge in [-0.15, -0.1) is 0 Å². The quantitative estimate of drug-likeness (QED) is 0.525. The number of aromatic nitrogens is 2. The Bertz CT molecular complexity index is 1170. The lowest BCUT2D eigenvalue weighted by atomic mass is 10.1. The van der Waals surface area contributed by atoms with Gasteiger partial charge in [0.15, 0.2) is 0 Å². The van der Waals surface area contributed by atoms with Crippen LogP contribution >= 0.6 is 0 Å². The molecule has 1 aromatic heterocycles. The van der Waals surface area contributed by atoms with Crippen molar-refractivity contribution in [3.8, 4) is 0 Å². The van der Waals surface area contributed by atoms with Crippen molar-refractivity contribution >= 4 is 34.4 Å². The zero-order valence-electron chi connectivity index (χ0n) is 17.9. The number of anilines is 1. The highest BCUT2D eigenvalue weighted by Crippen LogP contribution is 2.22. The van der Waals surface area contributed by atoms with Crippen molar-refractivity contribution in [3.63, 3.8) is 0 Å². The van der Waals surface area contributed by atoms with Gasteiger partial charge >= 0.3 is 0 Å². The molecule has 3 N–H and O–H groups in total. The van der Waals surface area contributed by atoms with E-state index in [9.17, 15) is 14.4 Å². The molecule has 0 unspecified atom stereocenters. The van der Waals surface area contributed by atoms with E-state index in [0.717, 1.165) is 11.0 Å². The van der Waals surface area contributed by atoms with Crippen LogP contribution in [0, 0.1) is 0 Å². The molecule has 2 heterocycles. The highest BCUT2D eigenvalue weighted by Gasteiger charge is 2.30. The molecule has 3 aromatic rings. The number of benzene rings is 2. The minimum Gasteiger partial charge on any atom is -0.383 e. The summed E-state index contributed by atoms with van der Waals surface area (Å²) in [5.74, 6) is -0.503. The Labute approximate surface area is 185 Å². The number of para-hydroxylation sites is 3. The number of nitrogens with zero attached hydrogens (tertiary/aromatic N) is 2. The lowest BCUT2D eigenvalue weighted by Gasteiger charge is -2.18. The molecule has 0 radical (unpaired) electrons. The zero-order chi connectivity index (χ0) is 22.7. The van der Waals surface area contributed by atoms with Crippen LogP contribution in [0.2, 0.25) is 0 Å². The number of imidazole rings is 1. The molecule has 0 aliphatic carbocycles. The normalized spacial score (nSPS) is 16.6. The third-order valence-corrected chi connectivity index (χ3v) is 5.41. The van der Waals surface area contributed by atoms with Crippen molar-refractivity contribution in [2.24, 2.45) is 0 Å². The first-order valence-electron chi connectivity index (χ1n) is 10.4. The maximum absolute atomic E-state index is 12.8. The van der Waals surface area contributed by atoms with Gasteiger partial charge in [0.1, 0.15) is 11.9 Å². The predicted octanol–water partition coefficient (Wildman–Crippen LogP) is 2.00. The summed E-state index contributed by atoms with van der Waals surface area (Å²) >= 11 is 0. The Balaban J connectivity index is 1.48. The second kappa shape index (κ2) is 9.19. The van der Waals surface area contributed by atoms with Gasteiger partial charge < -0.3 is 25.3 Å². The van der Waals surface area contributed by atoms with Crippen LogP contribution < -0.4 is 16.0 Å². The number of rotatable bonds is 7. The van der Waals surface area contributed by atoms with E-state index in [1.54, 1.807) is 31.4 Å². The average Bonchev–Trinajstić information content (AvgIpc) is 3.10. The Morgan fingerprint density at radius 1 is 1.19 bits per heavy atom. The van der Waals surface area contributed by atoms with Gasteiger partial charge in [-0.1, -0.05) is 24.3 Å². The number of hydrogen-bond donors (Lipinski definition) is 3. The third-order valence-electron chi connectivity index (χ3n) is 5.41. The molecule has 4 rings (SSSR count). The molecule has 1 aliphatic rings. The maximum atomic E-state index is 12.8. The van der Waals surface area contributed by atoms with Gasteiger partial charge in [-0.25, -0.2) is 4.98 Å². The van der Waals surface area contributed by atoms with Crippen LogP contribution in [-0.4, -0.2) is 47.0 Å². The van der Waals surface area contributed by atoms with E-state index in [4.69, 9.17) is 4.74 Å². The van der Waals surface area contributed by atoms with Crippen molar-refractivity contribution in [1.82, 2.24) is 20.2 Å². The number of carbonyl (C=O) groups is 3. The summed E-state index contributed by atoms with van der Waals surface area (Å²) in [6.45, 7) is 2.93. The van der Waals surface area contributed by atoms with Gasteiger partial charge in [-0.2, -0.15) is 0 Å². The van der Waals surface area contributed by atoms with Crippen LogP contribution in [0.5, 0.6) is 0 Å². The molecule has 0 bridgehead atoms. The lowest BCUT2D eigenvalue weighted by Crippen LogP contribution is -2.45. The minimum atomic E-state index is -0.977. The molecule has 9 nitrogen and oxygen atoms in total. The van der Waals surface area contributed by atoms with E-state index >= 15 is 0 Å². The van der Waals surface area contributed by atoms with E-state index in [-0.39, 0.29) is 12.3 Å². The summed E-state index contributed by atoms with van der Waals surface area (Å²) in [7, 11) is 1.63. The van der Waals surface area contributed by atoms with Crippen molar-refractivity contribution < 1.29 is 19.1 Å². The molecule has 0 spiro atoms. The van der Waals surface area contributed by atoms with Gasteiger partial charge in [-0.05, 0) is 31.2 Å². The van der Waals surface area contributed by atoms with E-state index in [0.29, 0.717) is 30.2 Å². The number of carbonyl (C=O) groups excluding carboxylic acids is 3. The fraction of sp³-hybridized carbons (Fsp3) is 0.304. The van der Waals surface area contributed by atoms with Gasteiger partial charge in [-0.3, -0.25) is 14.4 Å². The third kappa shape index (κ3) is 4.33. The molecule has 9 heteroatoms. The summed E-state index contributed by atoms with van der Waals surface area (Å²) in [5, 5.41) is 8.25. The van der Waals surface area contributed by atoms with Gasteiger partial charge in [0.25, 0.3) is 5.91 Å².